The zero-order valence-electron chi connectivity index (χ0n) is 15.7. The quantitative estimate of drug-likeness (QED) is 0.492. The summed E-state index contributed by atoms with van der Waals surface area (Å²) in [5.41, 5.74) is 1.68. The largest absolute Gasteiger partial charge is 0.484 e. The third kappa shape index (κ3) is 3.90. The number of benzene rings is 1. The van der Waals surface area contributed by atoms with E-state index in [1.54, 1.807) is 48.3 Å². The first kappa shape index (κ1) is 19.2. The minimum atomic E-state index is -0.267. The maximum Gasteiger partial charge on any atom is 0.281 e. The summed E-state index contributed by atoms with van der Waals surface area (Å²) in [6.45, 7) is 2.04. The number of nitrogens with zero attached hydrogens (tertiary/aromatic N) is 3. The number of para-hydroxylation sites is 1. The molecule has 3 heterocycles. The number of furan rings is 1. The Balaban J connectivity index is 1.49. The minimum absolute atomic E-state index is 0.216. The van der Waals surface area contributed by atoms with Gasteiger partial charge in [0, 0.05) is 19.3 Å². The van der Waals surface area contributed by atoms with Gasteiger partial charge in [-0.15, -0.1) is 0 Å². The first-order chi connectivity index (χ1) is 13.9. The second kappa shape index (κ2) is 7.73. The van der Waals surface area contributed by atoms with Gasteiger partial charge in [0.1, 0.15) is 29.6 Å². The predicted molar refractivity (Wildman–Crippen MR) is 114 cm³/mol. The standard InChI is InChI=1S/C20H17ClN4O3S/c1-12-17(10-24(2)23-12)25-19(26)16(22-20(25)29)9-13-7-8-14(28-13)11-27-18-6-4-3-5-15(18)21/h3-10H,11H2,1-2H3,(H,22,29)/b16-9+. The number of ether oxygens (including phenoxy) is 1. The molecule has 1 saturated heterocycles. The lowest BCUT2D eigenvalue weighted by Gasteiger charge is -2.11. The number of rotatable bonds is 5. The lowest BCUT2D eigenvalue weighted by molar-refractivity contribution is -0.113. The number of aromatic nitrogens is 2. The molecular weight excluding hydrogens is 412 g/mol. The van der Waals surface area contributed by atoms with E-state index in [4.69, 9.17) is 33.0 Å². The Kier molecular flexibility index (Phi) is 5.12. The van der Waals surface area contributed by atoms with Crippen molar-refractivity contribution in [3.8, 4) is 5.75 Å². The third-order valence-corrected chi connectivity index (χ3v) is 4.88. The van der Waals surface area contributed by atoms with Crippen LogP contribution in [0.5, 0.6) is 5.75 Å². The Bertz CT molecular complexity index is 1130. The average molecular weight is 429 g/mol. The van der Waals surface area contributed by atoms with Crippen LogP contribution in [0.2, 0.25) is 5.02 Å². The van der Waals surface area contributed by atoms with E-state index in [1.807, 2.05) is 19.1 Å². The zero-order chi connectivity index (χ0) is 20.5. The molecule has 0 bridgehead atoms. The van der Waals surface area contributed by atoms with E-state index in [0.29, 0.717) is 44.5 Å². The number of nitrogens with one attached hydrogen (secondary N) is 1. The summed E-state index contributed by atoms with van der Waals surface area (Å²) in [6, 6.07) is 10.8. The SMILES string of the molecule is Cc1nn(C)cc1N1C(=O)/C(=C\c2ccc(COc3ccccc3Cl)o2)NC1=S. The molecule has 0 saturated carbocycles. The minimum Gasteiger partial charge on any atom is -0.484 e. The fraction of sp³-hybridized carbons (Fsp3) is 0.150. The molecule has 0 atom stereocenters. The van der Waals surface area contributed by atoms with E-state index in [9.17, 15) is 4.79 Å². The second-order valence-corrected chi connectivity index (χ2v) is 7.22. The average Bonchev–Trinajstić information content (AvgIpc) is 3.33. The number of carbonyl (C=O) groups is 1. The lowest BCUT2D eigenvalue weighted by Crippen LogP contribution is -2.30. The van der Waals surface area contributed by atoms with Crippen molar-refractivity contribution in [2.75, 3.05) is 4.90 Å². The van der Waals surface area contributed by atoms with Gasteiger partial charge < -0.3 is 14.5 Å². The van der Waals surface area contributed by atoms with E-state index >= 15 is 0 Å². The molecule has 0 unspecified atom stereocenters. The van der Waals surface area contributed by atoms with Crippen LogP contribution in [-0.2, 0) is 18.4 Å². The Morgan fingerprint density at radius 2 is 2.10 bits per heavy atom. The molecule has 1 N–H and O–H groups in total. The van der Waals surface area contributed by atoms with Gasteiger partial charge in [0.15, 0.2) is 5.11 Å². The first-order valence-corrected chi connectivity index (χ1v) is 9.54. The van der Waals surface area contributed by atoms with Crippen molar-refractivity contribution in [2.45, 2.75) is 13.5 Å². The van der Waals surface area contributed by atoms with Crippen LogP contribution in [0, 0.1) is 6.92 Å². The topological polar surface area (TPSA) is 72.5 Å². The molecule has 1 amide bonds. The number of hydrogen-bond donors (Lipinski definition) is 1. The molecule has 1 aromatic carbocycles. The van der Waals surface area contributed by atoms with Gasteiger partial charge in [0.2, 0.25) is 0 Å². The molecule has 7 nitrogen and oxygen atoms in total. The normalized spacial score (nSPS) is 15.3. The highest BCUT2D eigenvalue weighted by atomic mass is 35.5. The Labute approximate surface area is 177 Å². The number of hydrogen-bond acceptors (Lipinski definition) is 5. The monoisotopic (exact) mass is 428 g/mol. The van der Waals surface area contributed by atoms with Gasteiger partial charge >= 0.3 is 0 Å². The molecule has 148 valence electrons. The number of carbonyl (C=O) groups excluding carboxylic acids is 1. The molecule has 1 aliphatic heterocycles. The van der Waals surface area contributed by atoms with Gasteiger partial charge in [0.25, 0.3) is 5.91 Å². The van der Waals surface area contributed by atoms with Gasteiger partial charge in [-0.3, -0.25) is 9.48 Å². The summed E-state index contributed by atoms with van der Waals surface area (Å²) in [6.07, 6.45) is 3.36. The maximum atomic E-state index is 12.8. The van der Waals surface area contributed by atoms with Gasteiger partial charge in [-0.25, -0.2) is 4.90 Å². The Morgan fingerprint density at radius 1 is 1.31 bits per heavy atom. The van der Waals surface area contributed by atoms with Gasteiger partial charge in [0.05, 0.1) is 16.4 Å². The highest BCUT2D eigenvalue weighted by Gasteiger charge is 2.34. The lowest BCUT2D eigenvalue weighted by atomic mass is 10.3. The highest BCUT2D eigenvalue weighted by Crippen LogP contribution is 2.26. The van der Waals surface area contributed by atoms with Crippen molar-refractivity contribution >= 4 is 46.6 Å². The van der Waals surface area contributed by atoms with Crippen LogP contribution in [0.4, 0.5) is 5.69 Å². The van der Waals surface area contributed by atoms with E-state index in [2.05, 4.69) is 10.4 Å². The molecule has 0 spiro atoms. The van der Waals surface area contributed by atoms with Crippen LogP contribution in [0.1, 0.15) is 17.2 Å². The summed E-state index contributed by atoms with van der Waals surface area (Å²) in [5, 5.41) is 8.02. The number of aryl methyl sites for hydroxylation is 2. The van der Waals surface area contributed by atoms with Crippen molar-refractivity contribution in [1.29, 1.82) is 0 Å². The van der Waals surface area contributed by atoms with Crippen LogP contribution in [0.25, 0.3) is 6.08 Å². The second-order valence-electron chi connectivity index (χ2n) is 6.43. The van der Waals surface area contributed by atoms with Crippen LogP contribution in [-0.4, -0.2) is 20.8 Å². The third-order valence-electron chi connectivity index (χ3n) is 4.28. The Hall–Kier alpha value is -3.10. The molecule has 1 fully saturated rings. The molecule has 0 aliphatic carbocycles. The fourth-order valence-electron chi connectivity index (χ4n) is 2.96. The maximum absolute atomic E-state index is 12.8. The predicted octanol–water partition coefficient (Wildman–Crippen LogP) is 3.82. The molecule has 3 aromatic rings. The highest BCUT2D eigenvalue weighted by molar-refractivity contribution is 7.80. The summed E-state index contributed by atoms with van der Waals surface area (Å²) in [7, 11) is 1.79. The van der Waals surface area contributed by atoms with Crippen molar-refractivity contribution in [3.63, 3.8) is 0 Å². The van der Waals surface area contributed by atoms with E-state index < -0.39 is 0 Å². The number of halogens is 1. The summed E-state index contributed by atoms with van der Waals surface area (Å²) in [5.74, 6) is 1.42. The van der Waals surface area contributed by atoms with Crippen LogP contribution in [0.3, 0.4) is 0 Å². The summed E-state index contributed by atoms with van der Waals surface area (Å²) in [4.78, 5) is 14.3. The molecule has 29 heavy (non-hydrogen) atoms. The van der Waals surface area contributed by atoms with Crippen molar-refractivity contribution in [3.05, 3.63) is 70.5 Å². The Morgan fingerprint density at radius 3 is 2.83 bits per heavy atom. The molecule has 0 radical (unpaired) electrons. The molecule has 4 rings (SSSR count). The molecule has 2 aromatic heterocycles. The van der Waals surface area contributed by atoms with Crippen molar-refractivity contribution in [2.24, 2.45) is 7.05 Å². The van der Waals surface area contributed by atoms with Gasteiger partial charge in [-0.2, -0.15) is 5.10 Å². The van der Waals surface area contributed by atoms with Crippen molar-refractivity contribution in [1.82, 2.24) is 15.1 Å². The van der Waals surface area contributed by atoms with Crippen LogP contribution in [0.15, 0.2) is 52.7 Å². The van der Waals surface area contributed by atoms with E-state index in [-0.39, 0.29) is 12.5 Å². The molecule has 9 heteroatoms. The molecule has 1 aliphatic rings. The van der Waals surface area contributed by atoms with Crippen LogP contribution >= 0.6 is 23.8 Å². The van der Waals surface area contributed by atoms with E-state index in [1.165, 1.54) is 4.90 Å². The van der Waals surface area contributed by atoms with Gasteiger partial charge in [-0.05, 0) is 43.4 Å². The first-order valence-electron chi connectivity index (χ1n) is 8.76. The number of thiocarbonyl (C=S) groups is 1. The van der Waals surface area contributed by atoms with Gasteiger partial charge in [-0.1, -0.05) is 23.7 Å². The van der Waals surface area contributed by atoms with Crippen molar-refractivity contribution < 1.29 is 13.9 Å². The van der Waals surface area contributed by atoms with E-state index in [0.717, 1.165) is 0 Å². The smallest absolute Gasteiger partial charge is 0.281 e. The summed E-state index contributed by atoms with van der Waals surface area (Å²) < 4.78 is 13.1. The molecular formula is C20H17ClN4O3S. The fourth-order valence-corrected chi connectivity index (χ4v) is 3.44. The summed E-state index contributed by atoms with van der Waals surface area (Å²) >= 11 is 11.4. The number of anilines is 1. The number of amides is 1. The van der Waals surface area contributed by atoms with Crippen LogP contribution < -0.4 is 15.0 Å². The zero-order valence-corrected chi connectivity index (χ0v) is 17.3.